The Kier molecular flexibility index (Phi) is 2.55. The summed E-state index contributed by atoms with van der Waals surface area (Å²) >= 11 is 0. The van der Waals surface area contributed by atoms with E-state index in [4.69, 9.17) is 4.74 Å². The average Bonchev–Trinajstić information content (AvgIpc) is 2.99. The minimum Gasteiger partial charge on any atom is -0.482 e. The molecule has 1 unspecified atom stereocenters. The monoisotopic (exact) mass is 255 g/mol. The molecule has 1 aliphatic carbocycles. The van der Waals surface area contributed by atoms with Gasteiger partial charge in [-0.05, 0) is 24.5 Å². The van der Waals surface area contributed by atoms with Crippen LogP contribution in [0.3, 0.4) is 0 Å². The summed E-state index contributed by atoms with van der Waals surface area (Å²) in [6.07, 6.45) is 5.47. The van der Waals surface area contributed by atoms with E-state index in [1.54, 1.807) is 0 Å². The topological polar surface area (TPSA) is 49.9 Å². The highest BCUT2D eigenvalue weighted by molar-refractivity contribution is 5.38. The molecule has 1 fully saturated rings. The van der Waals surface area contributed by atoms with Gasteiger partial charge in [0.2, 0.25) is 0 Å². The Morgan fingerprint density at radius 2 is 2.21 bits per heavy atom. The van der Waals surface area contributed by atoms with Crippen molar-refractivity contribution >= 4 is 0 Å². The zero-order valence-electron chi connectivity index (χ0n) is 10.7. The number of hydrogen-bond acceptors (Lipinski definition) is 3. The minimum absolute atomic E-state index is 0.0343. The number of ether oxygens (including phenoxy) is 1. The fourth-order valence-corrected chi connectivity index (χ4v) is 2.51. The number of aromatic nitrogens is 2. The van der Waals surface area contributed by atoms with Crippen molar-refractivity contribution in [1.82, 2.24) is 15.3 Å². The molecule has 0 bridgehead atoms. The number of hydrogen-bond donors (Lipinski definition) is 2. The van der Waals surface area contributed by atoms with Crippen LogP contribution in [0.25, 0.3) is 0 Å². The van der Waals surface area contributed by atoms with E-state index >= 15 is 0 Å². The molecule has 1 saturated carbocycles. The highest BCUT2D eigenvalue weighted by Gasteiger charge is 2.26. The molecule has 4 nitrogen and oxygen atoms in total. The maximum absolute atomic E-state index is 5.93. The number of imidazole rings is 1. The van der Waals surface area contributed by atoms with Crippen molar-refractivity contribution < 1.29 is 4.74 Å². The molecule has 4 heteroatoms. The fourth-order valence-electron chi connectivity index (χ4n) is 2.51. The molecule has 98 valence electrons. The van der Waals surface area contributed by atoms with Gasteiger partial charge >= 0.3 is 0 Å². The van der Waals surface area contributed by atoms with Gasteiger partial charge in [0.15, 0.2) is 6.10 Å². The molecule has 1 aromatic carbocycles. The van der Waals surface area contributed by atoms with Crippen LogP contribution in [-0.2, 0) is 13.0 Å². The maximum Gasteiger partial charge on any atom is 0.160 e. The molecule has 2 N–H and O–H groups in total. The first-order valence-electron chi connectivity index (χ1n) is 6.90. The second-order valence-electron chi connectivity index (χ2n) is 5.37. The Morgan fingerprint density at radius 3 is 3.05 bits per heavy atom. The zero-order valence-corrected chi connectivity index (χ0v) is 10.7. The lowest BCUT2D eigenvalue weighted by molar-refractivity contribution is 0.228. The lowest BCUT2D eigenvalue weighted by atomic mass is 10.1. The summed E-state index contributed by atoms with van der Waals surface area (Å²) in [7, 11) is 0. The van der Waals surface area contributed by atoms with Crippen molar-refractivity contribution in [1.29, 1.82) is 0 Å². The Balaban J connectivity index is 1.45. The summed E-state index contributed by atoms with van der Waals surface area (Å²) in [4.78, 5) is 7.83. The third-order valence-electron chi connectivity index (χ3n) is 3.76. The first kappa shape index (κ1) is 11.1. The van der Waals surface area contributed by atoms with Gasteiger partial charge in [-0.1, -0.05) is 18.2 Å². The number of rotatable bonds is 4. The van der Waals surface area contributed by atoms with Gasteiger partial charge in [0.25, 0.3) is 0 Å². The summed E-state index contributed by atoms with van der Waals surface area (Å²) in [6, 6.07) is 8.92. The molecule has 0 radical (unpaired) electrons. The second kappa shape index (κ2) is 4.38. The Labute approximate surface area is 112 Å². The number of benzene rings is 1. The quantitative estimate of drug-likeness (QED) is 0.881. The van der Waals surface area contributed by atoms with E-state index in [9.17, 15) is 0 Å². The largest absolute Gasteiger partial charge is 0.482 e. The van der Waals surface area contributed by atoms with Gasteiger partial charge in [0.1, 0.15) is 11.6 Å². The summed E-state index contributed by atoms with van der Waals surface area (Å²) in [5, 5.41) is 3.48. The lowest BCUT2D eigenvalue weighted by Gasteiger charge is -2.07. The number of para-hydroxylation sites is 1. The van der Waals surface area contributed by atoms with Gasteiger partial charge < -0.3 is 15.0 Å². The first-order valence-corrected chi connectivity index (χ1v) is 6.90. The molecule has 0 amide bonds. The minimum atomic E-state index is 0.0343. The third kappa shape index (κ3) is 2.24. The van der Waals surface area contributed by atoms with Gasteiger partial charge in [-0.15, -0.1) is 0 Å². The van der Waals surface area contributed by atoms with Gasteiger partial charge in [-0.3, -0.25) is 0 Å². The molecule has 1 atom stereocenters. The molecule has 0 saturated heterocycles. The van der Waals surface area contributed by atoms with Gasteiger partial charge in [0, 0.05) is 30.9 Å². The third-order valence-corrected chi connectivity index (χ3v) is 3.76. The number of nitrogens with zero attached hydrogens (tertiary/aromatic N) is 1. The first-order chi connectivity index (χ1) is 9.38. The number of H-pyrrole nitrogens is 1. The molecule has 2 aromatic rings. The highest BCUT2D eigenvalue weighted by Crippen LogP contribution is 2.35. The van der Waals surface area contributed by atoms with Crippen molar-refractivity contribution in [3.05, 3.63) is 47.5 Å². The predicted octanol–water partition coefficient (Wildman–Crippen LogP) is 2.34. The Hall–Kier alpha value is -1.81. The molecule has 0 spiro atoms. The Bertz CT molecular complexity index is 564. The van der Waals surface area contributed by atoms with Crippen LogP contribution in [0.15, 0.2) is 30.5 Å². The zero-order chi connectivity index (χ0) is 12.7. The average molecular weight is 255 g/mol. The van der Waals surface area contributed by atoms with Gasteiger partial charge in [-0.2, -0.15) is 0 Å². The number of nitrogens with one attached hydrogen (secondary N) is 2. The van der Waals surface area contributed by atoms with Crippen molar-refractivity contribution in [3.63, 3.8) is 0 Å². The van der Waals surface area contributed by atoms with Crippen molar-refractivity contribution in [3.8, 4) is 5.75 Å². The molecule has 2 heterocycles. The van der Waals surface area contributed by atoms with Crippen molar-refractivity contribution in [2.45, 2.75) is 38.0 Å². The van der Waals surface area contributed by atoms with Crippen molar-refractivity contribution in [2.75, 3.05) is 0 Å². The molecule has 2 aliphatic rings. The highest BCUT2D eigenvalue weighted by atomic mass is 16.5. The standard InChI is InChI=1S/C15H17N3O/c1-2-4-13-10(3-1)7-14(19-13)15-17-9-12(18-15)8-16-11-5-6-11/h1-4,9,11,14,16H,5-8H2,(H,17,18). The molecule has 1 aliphatic heterocycles. The van der Waals surface area contributed by atoms with Crippen LogP contribution in [-0.4, -0.2) is 16.0 Å². The van der Waals surface area contributed by atoms with Crippen molar-refractivity contribution in [2.24, 2.45) is 0 Å². The van der Waals surface area contributed by atoms with Crippen LogP contribution >= 0.6 is 0 Å². The van der Waals surface area contributed by atoms with E-state index < -0.39 is 0 Å². The van der Waals surface area contributed by atoms with Crippen LogP contribution in [0, 0.1) is 0 Å². The summed E-state index contributed by atoms with van der Waals surface area (Å²) < 4.78 is 5.93. The fraction of sp³-hybridized carbons (Fsp3) is 0.400. The van der Waals surface area contributed by atoms with E-state index in [1.807, 2.05) is 18.3 Å². The smallest absolute Gasteiger partial charge is 0.160 e. The lowest BCUT2D eigenvalue weighted by Crippen LogP contribution is -2.15. The summed E-state index contributed by atoms with van der Waals surface area (Å²) in [5.41, 5.74) is 2.41. The maximum atomic E-state index is 5.93. The van der Waals surface area contributed by atoms with E-state index in [-0.39, 0.29) is 6.10 Å². The summed E-state index contributed by atoms with van der Waals surface area (Å²) in [6.45, 7) is 0.872. The molecular weight excluding hydrogens is 238 g/mol. The number of fused-ring (bicyclic) bond motifs is 1. The van der Waals surface area contributed by atoms with Gasteiger partial charge in [0.05, 0.1) is 0 Å². The van der Waals surface area contributed by atoms with Gasteiger partial charge in [-0.25, -0.2) is 4.98 Å². The van der Waals surface area contributed by atoms with E-state index in [1.165, 1.54) is 18.4 Å². The van der Waals surface area contributed by atoms with Crippen LogP contribution < -0.4 is 10.1 Å². The normalized spacial score (nSPS) is 21.2. The van der Waals surface area contributed by atoms with Crippen LogP contribution in [0.1, 0.15) is 36.0 Å². The predicted molar refractivity (Wildman–Crippen MR) is 72.0 cm³/mol. The SMILES string of the molecule is c1ccc2c(c1)CC(c1ncc(CNC3CC3)[nH]1)O2. The molecule has 4 rings (SSSR count). The second-order valence-corrected chi connectivity index (χ2v) is 5.37. The number of aromatic amines is 1. The summed E-state index contributed by atoms with van der Waals surface area (Å²) in [5.74, 6) is 1.92. The van der Waals surface area contributed by atoms with E-state index in [0.29, 0.717) is 0 Å². The van der Waals surface area contributed by atoms with E-state index in [2.05, 4.69) is 27.4 Å². The molecular formula is C15H17N3O. The molecule has 1 aromatic heterocycles. The molecule has 19 heavy (non-hydrogen) atoms. The Morgan fingerprint density at radius 1 is 1.32 bits per heavy atom. The van der Waals surface area contributed by atoms with Crippen LogP contribution in [0.2, 0.25) is 0 Å². The van der Waals surface area contributed by atoms with Crippen LogP contribution in [0.4, 0.5) is 0 Å². The van der Waals surface area contributed by atoms with Crippen LogP contribution in [0.5, 0.6) is 5.75 Å². The van der Waals surface area contributed by atoms with E-state index in [0.717, 1.165) is 36.3 Å².